The average Bonchev–Trinajstić information content (AvgIpc) is 3.01. The normalized spacial score (nSPS) is 31.7. The minimum Gasteiger partial charge on any atom is -0.381 e. The predicted molar refractivity (Wildman–Crippen MR) is 78.4 cm³/mol. The van der Waals surface area contributed by atoms with E-state index in [1.54, 1.807) is 0 Å². The van der Waals surface area contributed by atoms with Gasteiger partial charge in [-0.1, -0.05) is 12.2 Å². The Labute approximate surface area is 121 Å². The van der Waals surface area contributed by atoms with E-state index in [9.17, 15) is 4.79 Å². The molecule has 2 saturated heterocycles. The number of nitrogens with zero attached hydrogens (tertiary/aromatic N) is 2. The number of ether oxygens (including phenoxy) is 1. The van der Waals surface area contributed by atoms with E-state index in [4.69, 9.17) is 4.74 Å². The van der Waals surface area contributed by atoms with Gasteiger partial charge in [0, 0.05) is 45.2 Å². The summed E-state index contributed by atoms with van der Waals surface area (Å²) in [4.78, 5) is 17.1. The van der Waals surface area contributed by atoms with Gasteiger partial charge in [0.2, 0.25) is 5.91 Å². The molecule has 4 nitrogen and oxygen atoms in total. The molecule has 0 N–H and O–H groups in total. The average molecular weight is 278 g/mol. The van der Waals surface area contributed by atoms with Crippen molar-refractivity contribution in [3.05, 3.63) is 12.2 Å². The van der Waals surface area contributed by atoms with Crippen molar-refractivity contribution < 1.29 is 9.53 Å². The summed E-state index contributed by atoms with van der Waals surface area (Å²) >= 11 is 0. The van der Waals surface area contributed by atoms with Crippen molar-refractivity contribution in [2.45, 2.75) is 25.7 Å². The maximum absolute atomic E-state index is 12.5. The first-order chi connectivity index (χ1) is 9.83. The van der Waals surface area contributed by atoms with Crippen molar-refractivity contribution in [1.29, 1.82) is 0 Å². The zero-order chi connectivity index (χ0) is 13.8. The van der Waals surface area contributed by atoms with Crippen molar-refractivity contribution in [3.8, 4) is 0 Å². The quantitative estimate of drug-likeness (QED) is 0.734. The summed E-state index contributed by atoms with van der Waals surface area (Å²) < 4.78 is 5.44. The van der Waals surface area contributed by atoms with Gasteiger partial charge in [-0.2, -0.15) is 0 Å². The van der Waals surface area contributed by atoms with Crippen LogP contribution in [0.2, 0.25) is 0 Å². The van der Waals surface area contributed by atoms with Crippen LogP contribution in [0, 0.1) is 11.8 Å². The molecule has 112 valence electrons. The Bertz CT molecular complexity index is 355. The fourth-order valence-corrected chi connectivity index (χ4v) is 3.52. The summed E-state index contributed by atoms with van der Waals surface area (Å²) in [6.45, 7) is 6.88. The van der Waals surface area contributed by atoms with Crippen molar-refractivity contribution in [3.63, 3.8) is 0 Å². The van der Waals surface area contributed by atoms with Gasteiger partial charge in [-0.25, -0.2) is 0 Å². The van der Waals surface area contributed by atoms with Gasteiger partial charge in [0.05, 0.1) is 6.61 Å². The van der Waals surface area contributed by atoms with Gasteiger partial charge in [-0.05, 0) is 31.6 Å². The first-order valence-corrected chi connectivity index (χ1v) is 8.07. The molecule has 0 radical (unpaired) electrons. The molecule has 2 fully saturated rings. The number of amides is 1. The molecule has 3 aliphatic rings. The molecule has 0 spiro atoms. The molecule has 1 amide bonds. The van der Waals surface area contributed by atoms with Crippen LogP contribution in [0.1, 0.15) is 25.7 Å². The maximum atomic E-state index is 12.5. The highest BCUT2D eigenvalue weighted by atomic mass is 16.5. The number of hydrogen-bond acceptors (Lipinski definition) is 3. The summed E-state index contributed by atoms with van der Waals surface area (Å²) in [7, 11) is 0. The molecule has 0 aromatic rings. The number of piperazine rings is 1. The molecule has 4 heteroatoms. The van der Waals surface area contributed by atoms with Crippen LogP contribution in [0.5, 0.6) is 0 Å². The Hall–Kier alpha value is -0.870. The highest BCUT2D eigenvalue weighted by Gasteiger charge is 2.28. The Balaban J connectivity index is 1.43. The van der Waals surface area contributed by atoms with E-state index in [2.05, 4.69) is 22.0 Å². The SMILES string of the molecule is O=C(C1CC=CCC1)N1CCN(CC2CCOC2)CC1. The fourth-order valence-electron chi connectivity index (χ4n) is 3.52. The smallest absolute Gasteiger partial charge is 0.226 e. The van der Waals surface area contributed by atoms with Crippen molar-refractivity contribution in [1.82, 2.24) is 9.80 Å². The van der Waals surface area contributed by atoms with Gasteiger partial charge in [-0.15, -0.1) is 0 Å². The molecule has 0 saturated carbocycles. The molecule has 1 aliphatic carbocycles. The zero-order valence-electron chi connectivity index (χ0n) is 12.3. The minimum atomic E-state index is 0.245. The monoisotopic (exact) mass is 278 g/mol. The Morgan fingerprint density at radius 3 is 2.65 bits per heavy atom. The predicted octanol–water partition coefficient (Wildman–Crippen LogP) is 1.52. The number of carbonyl (C=O) groups is 1. The maximum Gasteiger partial charge on any atom is 0.226 e. The zero-order valence-corrected chi connectivity index (χ0v) is 12.3. The summed E-state index contributed by atoms with van der Waals surface area (Å²) in [5.74, 6) is 1.34. The lowest BCUT2D eigenvalue weighted by atomic mass is 9.93. The van der Waals surface area contributed by atoms with Crippen molar-refractivity contribution in [2.75, 3.05) is 45.9 Å². The highest BCUT2D eigenvalue weighted by molar-refractivity contribution is 5.79. The summed E-state index contributed by atoms with van der Waals surface area (Å²) in [6, 6.07) is 0. The van der Waals surface area contributed by atoms with Gasteiger partial charge in [-0.3, -0.25) is 9.69 Å². The highest BCUT2D eigenvalue weighted by Crippen LogP contribution is 2.22. The van der Waals surface area contributed by atoms with Crippen LogP contribution in [0.25, 0.3) is 0 Å². The Morgan fingerprint density at radius 2 is 2.00 bits per heavy atom. The lowest BCUT2D eigenvalue weighted by Crippen LogP contribution is -2.51. The van der Waals surface area contributed by atoms with E-state index in [0.717, 1.165) is 65.2 Å². The molecule has 2 heterocycles. The molecule has 0 aromatic carbocycles. The number of allylic oxidation sites excluding steroid dienone is 2. The third-order valence-corrected chi connectivity index (χ3v) is 4.84. The van der Waals surface area contributed by atoms with Crippen LogP contribution >= 0.6 is 0 Å². The van der Waals surface area contributed by atoms with Gasteiger partial charge in [0.25, 0.3) is 0 Å². The minimum absolute atomic E-state index is 0.245. The number of rotatable bonds is 3. The van der Waals surface area contributed by atoms with Crippen LogP contribution in [-0.4, -0.2) is 61.6 Å². The lowest BCUT2D eigenvalue weighted by molar-refractivity contribution is -0.137. The number of carbonyl (C=O) groups excluding carboxylic acids is 1. The van der Waals surface area contributed by atoms with Gasteiger partial charge in [0.1, 0.15) is 0 Å². The van der Waals surface area contributed by atoms with Crippen LogP contribution in [0.3, 0.4) is 0 Å². The summed E-state index contributed by atoms with van der Waals surface area (Å²) in [5, 5.41) is 0. The van der Waals surface area contributed by atoms with Crippen LogP contribution in [-0.2, 0) is 9.53 Å². The standard InChI is InChI=1S/C16H26N2O2/c19-16(15-4-2-1-3-5-15)18-9-7-17(8-10-18)12-14-6-11-20-13-14/h1-2,14-15H,3-13H2. The van der Waals surface area contributed by atoms with Crippen LogP contribution < -0.4 is 0 Å². The van der Waals surface area contributed by atoms with E-state index < -0.39 is 0 Å². The third kappa shape index (κ3) is 3.41. The molecular weight excluding hydrogens is 252 g/mol. The van der Waals surface area contributed by atoms with Crippen LogP contribution in [0.4, 0.5) is 0 Å². The second kappa shape index (κ2) is 6.72. The first-order valence-electron chi connectivity index (χ1n) is 8.07. The summed E-state index contributed by atoms with van der Waals surface area (Å²) in [6.07, 6.45) is 8.62. The van der Waals surface area contributed by atoms with E-state index in [0.29, 0.717) is 11.8 Å². The molecule has 2 atom stereocenters. The summed E-state index contributed by atoms with van der Waals surface area (Å²) in [5.41, 5.74) is 0. The molecule has 2 unspecified atom stereocenters. The van der Waals surface area contributed by atoms with E-state index in [1.807, 2.05) is 0 Å². The van der Waals surface area contributed by atoms with Crippen LogP contribution in [0.15, 0.2) is 12.2 Å². The lowest BCUT2D eigenvalue weighted by Gasteiger charge is -2.37. The van der Waals surface area contributed by atoms with Crippen molar-refractivity contribution in [2.24, 2.45) is 11.8 Å². The van der Waals surface area contributed by atoms with Crippen molar-refractivity contribution >= 4 is 5.91 Å². The van der Waals surface area contributed by atoms with E-state index in [-0.39, 0.29) is 5.92 Å². The first kappa shape index (κ1) is 14.1. The molecule has 2 aliphatic heterocycles. The number of hydrogen-bond donors (Lipinski definition) is 0. The largest absolute Gasteiger partial charge is 0.381 e. The second-order valence-electron chi connectivity index (χ2n) is 6.34. The Morgan fingerprint density at radius 1 is 1.15 bits per heavy atom. The van der Waals surface area contributed by atoms with Gasteiger partial charge in [0.15, 0.2) is 0 Å². The molecular formula is C16H26N2O2. The van der Waals surface area contributed by atoms with Gasteiger partial charge >= 0.3 is 0 Å². The fraction of sp³-hybridized carbons (Fsp3) is 0.812. The van der Waals surface area contributed by atoms with E-state index in [1.165, 1.54) is 6.42 Å². The van der Waals surface area contributed by atoms with Gasteiger partial charge < -0.3 is 9.64 Å². The topological polar surface area (TPSA) is 32.8 Å². The second-order valence-corrected chi connectivity index (χ2v) is 6.34. The third-order valence-electron chi connectivity index (χ3n) is 4.84. The molecule has 3 rings (SSSR count). The van der Waals surface area contributed by atoms with E-state index >= 15 is 0 Å². The molecule has 0 bridgehead atoms. The Kier molecular flexibility index (Phi) is 4.73. The molecule has 20 heavy (non-hydrogen) atoms. The molecule has 0 aromatic heterocycles.